The lowest BCUT2D eigenvalue weighted by Gasteiger charge is -2.13. The van der Waals surface area contributed by atoms with Crippen LogP contribution in [-0.2, 0) is 6.61 Å². The van der Waals surface area contributed by atoms with E-state index in [2.05, 4.69) is 50.7 Å². The van der Waals surface area contributed by atoms with Gasteiger partial charge in [0.05, 0.1) is 12.8 Å². The van der Waals surface area contributed by atoms with Crippen molar-refractivity contribution in [1.82, 2.24) is 5.43 Å². The highest BCUT2D eigenvalue weighted by Crippen LogP contribution is 2.30. The molecular weight excluding hydrogens is 480 g/mol. The van der Waals surface area contributed by atoms with Crippen LogP contribution in [0.2, 0.25) is 0 Å². The molecule has 0 saturated heterocycles. The maximum atomic E-state index is 12.2. The van der Waals surface area contributed by atoms with Crippen molar-refractivity contribution in [1.29, 1.82) is 0 Å². The zero-order valence-corrected chi connectivity index (χ0v) is 19.7. The third-order valence-corrected chi connectivity index (χ3v) is 5.49. The van der Waals surface area contributed by atoms with Crippen LogP contribution in [-0.4, -0.2) is 18.7 Å². The molecule has 0 aliphatic carbocycles. The highest BCUT2D eigenvalue weighted by Gasteiger charge is 2.09. The minimum absolute atomic E-state index is 0.285. The summed E-state index contributed by atoms with van der Waals surface area (Å²) < 4.78 is 12.7. The Bertz CT molecular complexity index is 1300. The smallest absolute Gasteiger partial charge is 0.271 e. The van der Waals surface area contributed by atoms with Gasteiger partial charge in [0.1, 0.15) is 6.61 Å². The fraction of sp³-hybridized carbons (Fsp3) is 0.111. The predicted octanol–water partition coefficient (Wildman–Crippen LogP) is 6.34. The van der Waals surface area contributed by atoms with E-state index in [4.69, 9.17) is 9.47 Å². The molecule has 1 N–H and O–H groups in total. The molecule has 4 aromatic rings. The van der Waals surface area contributed by atoms with E-state index in [0.717, 1.165) is 15.6 Å². The van der Waals surface area contributed by atoms with Crippen LogP contribution < -0.4 is 14.9 Å². The van der Waals surface area contributed by atoms with E-state index in [9.17, 15) is 4.79 Å². The van der Waals surface area contributed by atoms with E-state index >= 15 is 0 Å². The fourth-order valence-corrected chi connectivity index (χ4v) is 3.83. The van der Waals surface area contributed by atoms with Crippen LogP contribution in [0.4, 0.5) is 0 Å². The standard InChI is InChI=1S/C27H23BrN2O3/c1-2-32-26-15-19(17-29-30-27(31)21-9-6-11-23(28)16-21)13-14-25(26)33-18-22-10-5-8-20-7-3-4-12-24(20)22/h3-17H,2,18H2,1H3,(H,30,31)/b29-17-. The summed E-state index contributed by atoms with van der Waals surface area (Å²) in [6.07, 6.45) is 1.58. The number of nitrogens with one attached hydrogen (secondary N) is 1. The number of nitrogens with zero attached hydrogens (tertiary/aromatic N) is 1. The first-order valence-corrected chi connectivity index (χ1v) is 11.4. The average Bonchev–Trinajstić information content (AvgIpc) is 2.83. The summed E-state index contributed by atoms with van der Waals surface area (Å²) in [5.41, 5.74) is 4.95. The fourth-order valence-electron chi connectivity index (χ4n) is 3.43. The Morgan fingerprint density at radius 1 is 0.939 bits per heavy atom. The zero-order chi connectivity index (χ0) is 23.0. The molecule has 166 valence electrons. The van der Waals surface area contributed by atoms with Gasteiger partial charge in [-0.1, -0.05) is 64.5 Å². The summed E-state index contributed by atoms with van der Waals surface area (Å²) in [6.45, 7) is 2.86. The summed E-state index contributed by atoms with van der Waals surface area (Å²) >= 11 is 3.36. The van der Waals surface area contributed by atoms with Crippen LogP contribution in [0.1, 0.15) is 28.4 Å². The molecule has 33 heavy (non-hydrogen) atoms. The van der Waals surface area contributed by atoms with Gasteiger partial charge in [0.15, 0.2) is 11.5 Å². The normalized spacial score (nSPS) is 11.0. The monoisotopic (exact) mass is 502 g/mol. The molecule has 0 unspecified atom stereocenters. The second-order valence-electron chi connectivity index (χ2n) is 7.28. The molecular formula is C27H23BrN2O3. The van der Waals surface area contributed by atoms with Crippen molar-refractivity contribution in [2.24, 2.45) is 5.10 Å². The van der Waals surface area contributed by atoms with Crippen LogP contribution in [0, 0.1) is 0 Å². The maximum absolute atomic E-state index is 12.2. The molecule has 0 atom stereocenters. The van der Waals surface area contributed by atoms with Gasteiger partial charge in [-0.25, -0.2) is 5.43 Å². The molecule has 0 aromatic heterocycles. The van der Waals surface area contributed by atoms with E-state index in [1.54, 1.807) is 24.4 Å². The number of hydrazone groups is 1. The van der Waals surface area contributed by atoms with Gasteiger partial charge in [-0.05, 0) is 65.2 Å². The largest absolute Gasteiger partial charge is 0.490 e. The average molecular weight is 503 g/mol. The lowest BCUT2D eigenvalue weighted by atomic mass is 10.1. The molecule has 0 fully saturated rings. The number of fused-ring (bicyclic) bond motifs is 1. The second-order valence-corrected chi connectivity index (χ2v) is 8.19. The third kappa shape index (κ3) is 5.79. The first-order chi connectivity index (χ1) is 16.1. The summed E-state index contributed by atoms with van der Waals surface area (Å²) in [6, 6.07) is 27.1. The van der Waals surface area contributed by atoms with Gasteiger partial charge in [-0.2, -0.15) is 5.10 Å². The number of hydrogen-bond acceptors (Lipinski definition) is 4. The Morgan fingerprint density at radius 2 is 1.76 bits per heavy atom. The quantitative estimate of drug-likeness (QED) is 0.225. The van der Waals surface area contributed by atoms with Crippen LogP contribution in [0.15, 0.2) is 94.5 Å². The van der Waals surface area contributed by atoms with Crippen molar-refractivity contribution in [2.75, 3.05) is 6.61 Å². The molecule has 1 amide bonds. The Labute approximate surface area is 201 Å². The number of hydrogen-bond donors (Lipinski definition) is 1. The molecule has 5 nitrogen and oxygen atoms in total. The topological polar surface area (TPSA) is 59.9 Å². The summed E-state index contributed by atoms with van der Waals surface area (Å²) in [5, 5.41) is 6.42. The SMILES string of the molecule is CCOc1cc(/C=N\NC(=O)c2cccc(Br)c2)ccc1OCc1cccc2ccccc12. The lowest BCUT2D eigenvalue weighted by Crippen LogP contribution is -2.17. The number of benzene rings is 4. The van der Waals surface area contributed by atoms with Gasteiger partial charge in [0.2, 0.25) is 0 Å². The molecule has 6 heteroatoms. The number of halogens is 1. The van der Waals surface area contributed by atoms with E-state index in [0.29, 0.717) is 30.3 Å². The maximum Gasteiger partial charge on any atom is 0.271 e. The first kappa shape index (κ1) is 22.6. The molecule has 0 radical (unpaired) electrons. The van der Waals surface area contributed by atoms with Gasteiger partial charge in [0, 0.05) is 10.0 Å². The number of rotatable bonds is 8. The summed E-state index contributed by atoms with van der Waals surface area (Å²) in [7, 11) is 0. The Kier molecular flexibility index (Phi) is 7.37. The van der Waals surface area contributed by atoms with E-state index in [-0.39, 0.29) is 5.91 Å². The molecule has 0 aliphatic rings. The van der Waals surface area contributed by atoms with Crippen LogP contribution in [0.5, 0.6) is 11.5 Å². The Morgan fingerprint density at radius 3 is 2.61 bits per heavy atom. The van der Waals surface area contributed by atoms with Gasteiger partial charge in [-0.3, -0.25) is 4.79 Å². The van der Waals surface area contributed by atoms with Gasteiger partial charge >= 0.3 is 0 Å². The lowest BCUT2D eigenvalue weighted by molar-refractivity contribution is 0.0955. The Hall–Kier alpha value is -3.64. The minimum Gasteiger partial charge on any atom is -0.490 e. The van der Waals surface area contributed by atoms with E-state index in [1.807, 2.05) is 49.4 Å². The van der Waals surface area contributed by atoms with Crippen molar-refractivity contribution >= 4 is 38.8 Å². The summed E-state index contributed by atoms with van der Waals surface area (Å²) in [4.78, 5) is 12.2. The molecule has 0 aliphatic heterocycles. The van der Waals surface area contributed by atoms with Crippen LogP contribution >= 0.6 is 15.9 Å². The highest BCUT2D eigenvalue weighted by atomic mass is 79.9. The van der Waals surface area contributed by atoms with Gasteiger partial charge in [0.25, 0.3) is 5.91 Å². The predicted molar refractivity (Wildman–Crippen MR) is 135 cm³/mol. The van der Waals surface area contributed by atoms with Gasteiger partial charge in [-0.15, -0.1) is 0 Å². The van der Waals surface area contributed by atoms with Crippen molar-refractivity contribution in [3.8, 4) is 11.5 Å². The Balaban J connectivity index is 1.45. The first-order valence-electron chi connectivity index (χ1n) is 10.6. The van der Waals surface area contributed by atoms with Crippen LogP contribution in [0.3, 0.4) is 0 Å². The van der Waals surface area contributed by atoms with Crippen LogP contribution in [0.25, 0.3) is 10.8 Å². The molecule has 0 bridgehead atoms. The molecule has 0 spiro atoms. The second kappa shape index (κ2) is 10.8. The molecule has 4 aromatic carbocycles. The number of carbonyl (C=O) groups is 1. The van der Waals surface area contributed by atoms with Crippen molar-refractivity contribution in [3.63, 3.8) is 0 Å². The molecule has 4 rings (SSSR count). The number of amides is 1. The number of ether oxygens (including phenoxy) is 2. The third-order valence-electron chi connectivity index (χ3n) is 5.00. The summed E-state index contributed by atoms with van der Waals surface area (Å²) in [5.74, 6) is 0.993. The van der Waals surface area contributed by atoms with Crippen molar-refractivity contribution < 1.29 is 14.3 Å². The highest BCUT2D eigenvalue weighted by molar-refractivity contribution is 9.10. The zero-order valence-electron chi connectivity index (χ0n) is 18.1. The minimum atomic E-state index is -0.285. The van der Waals surface area contributed by atoms with E-state index in [1.165, 1.54) is 10.8 Å². The van der Waals surface area contributed by atoms with Crippen molar-refractivity contribution in [3.05, 3.63) is 106 Å². The van der Waals surface area contributed by atoms with E-state index < -0.39 is 0 Å². The molecule has 0 heterocycles. The van der Waals surface area contributed by atoms with Gasteiger partial charge < -0.3 is 9.47 Å². The van der Waals surface area contributed by atoms with Crippen molar-refractivity contribution in [2.45, 2.75) is 13.5 Å². The number of carbonyl (C=O) groups excluding carboxylic acids is 1. The molecule has 0 saturated carbocycles.